The van der Waals surface area contributed by atoms with Crippen LogP contribution in [0.2, 0.25) is 0 Å². The normalized spacial score (nSPS) is 10.8. The minimum atomic E-state index is 0.712. The molecule has 13 heavy (non-hydrogen) atoms. The zero-order valence-electron chi connectivity index (χ0n) is 6.68. The van der Waals surface area contributed by atoms with Crippen LogP contribution in [0.1, 0.15) is 5.76 Å². The summed E-state index contributed by atoms with van der Waals surface area (Å²) in [5.74, 6) is 0.712. The average Bonchev–Trinajstić information content (AvgIpc) is 2.75. The molecule has 0 radical (unpaired) electrons. The van der Waals surface area contributed by atoms with E-state index in [1.54, 1.807) is 18.7 Å². The van der Waals surface area contributed by atoms with Crippen LogP contribution in [-0.2, 0) is 0 Å². The first-order valence-corrected chi connectivity index (χ1v) is 4.55. The maximum atomic E-state index is 5.05. The predicted octanol–water partition coefficient (Wildman–Crippen LogP) is 2.18. The standard InChI is InChI=1S/C8H7N3OS/c1-2-7(12-4-1)6-10-11-8-9-3-5-13-8/h1-6H,(H,9,11)/b10-6-. The highest BCUT2D eigenvalue weighted by Crippen LogP contribution is 2.09. The number of thiazole rings is 1. The lowest BCUT2D eigenvalue weighted by molar-refractivity contribution is 0.560. The van der Waals surface area contributed by atoms with E-state index in [1.165, 1.54) is 11.3 Å². The number of aromatic nitrogens is 1. The van der Waals surface area contributed by atoms with E-state index in [-0.39, 0.29) is 0 Å². The number of hydrogen-bond donors (Lipinski definition) is 1. The van der Waals surface area contributed by atoms with Gasteiger partial charge >= 0.3 is 0 Å². The summed E-state index contributed by atoms with van der Waals surface area (Å²) in [6.45, 7) is 0. The lowest BCUT2D eigenvalue weighted by Gasteiger charge is -1.89. The molecular formula is C8H7N3OS. The third-order valence-corrected chi connectivity index (χ3v) is 2.01. The average molecular weight is 193 g/mol. The molecule has 0 saturated heterocycles. The largest absolute Gasteiger partial charge is 0.463 e. The van der Waals surface area contributed by atoms with Gasteiger partial charge in [-0.15, -0.1) is 11.3 Å². The second-order valence-electron chi connectivity index (χ2n) is 2.22. The highest BCUT2D eigenvalue weighted by atomic mass is 32.1. The topological polar surface area (TPSA) is 50.4 Å². The molecule has 2 aromatic heterocycles. The van der Waals surface area contributed by atoms with Gasteiger partial charge in [0, 0.05) is 11.6 Å². The second-order valence-corrected chi connectivity index (χ2v) is 3.12. The van der Waals surface area contributed by atoms with Crippen molar-refractivity contribution >= 4 is 22.7 Å². The molecule has 0 fully saturated rings. The summed E-state index contributed by atoms with van der Waals surface area (Å²) in [5.41, 5.74) is 2.78. The molecule has 0 aromatic carbocycles. The zero-order valence-corrected chi connectivity index (χ0v) is 7.49. The molecule has 0 saturated carbocycles. The summed E-state index contributed by atoms with van der Waals surface area (Å²) in [6.07, 6.45) is 4.92. The fraction of sp³-hybridized carbons (Fsp3) is 0. The van der Waals surface area contributed by atoms with Gasteiger partial charge < -0.3 is 4.42 Å². The smallest absolute Gasteiger partial charge is 0.203 e. The third-order valence-electron chi connectivity index (χ3n) is 1.33. The number of hydrogen-bond acceptors (Lipinski definition) is 5. The molecule has 0 atom stereocenters. The fourth-order valence-electron chi connectivity index (χ4n) is 0.794. The van der Waals surface area contributed by atoms with Gasteiger partial charge in [-0.25, -0.2) is 4.98 Å². The van der Waals surface area contributed by atoms with E-state index in [0.717, 1.165) is 5.13 Å². The molecule has 2 aromatic rings. The van der Waals surface area contributed by atoms with Gasteiger partial charge in [-0.2, -0.15) is 5.10 Å². The van der Waals surface area contributed by atoms with E-state index in [0.29, 0.717) is 5.76 Å². The summed E-state index contributed by atoms with van der Waals surface area (Å²) >= 11 is 1.49. The van der Waals surface area contributed by atoms with E-state index in [9.17, 15) is 0 Å². The lowest BCUT2D eigenvalue weighted by Crippen LogP contribution is -1.87. The van der Waals surface area contributed by atoms with Crippen molar-refractivity contribution in [1.29, 1.82) is 0 Å². The molecule has 0 amide bonds. The summed E-state index contributed by atoms with van der Waals surface area (Å²) in [6, 6.07) is 3.64. The van der Waals surface area contributed by atoms with Gasteiger partial charge in [0.25, 0.3) is 0 Å². The van der Waals surface area contributed by atoms with Gasteiger partial charge in [0.1, 0.15) is 5.76 Å². The highest BCUT2D eigenvalue weighted by molar-refractivity contribution is 7.13. The van der Waals surface area contributed by atoms with Gasteiger partial charge in [0.05, 0.1) is 12.5 Å². The quantitative estimate of drug-likeness (QED) is 0.600. The van der Waals surface area contributed by atoms with Gasteiger partial charge in [0.2, 0.25) is 5.13 Å². The van der Waals surface area contributed by atoms with Crippen molar-refractivity contribution in [3.63, 3.8) is 0 Å². The Morgan fingerprint density at radius 2 is 2.62 bits per heavy atom. The zero-order chi connectivity index (χ0) is 8.93. The second kappa shape index (κ2) is 3.86. The minimum Gasteiger partial charge on any atom is -0.463 e. The molecule has 5 heteroatoms. The van der Waals surface area contributed by atoms with Crippen LogP contribution in [0, 0.1) is 0 Å². The van der Waals surface area contributed by atoms with Crippen molar-refractivity contribution in [3.05, 3.63) is 35.7 Å². The van der Waals surface area contributed by atoms with Gasteiger partial charge in [0.15, 0.2) is 0 Å². The fourth-order valence-corrected chi connectivity index (χ4v) is 1.27. The van der Waals surface area contributed by atoms with Crippen molar-refractivity contribution < 1.29 is 4.42 Å². The van der Waals surface area contributed by atoms with E-state index in [2.05, 4.69) is 15.5 Å². The van der Waals surface area contributed by atoms with Crippen LogP contribution in [0.3, 0.4) is 0 Å². The Bertz CT molecular complexity index is 366. The SMILES string of the molecule is C(=N/Nc1nccs1)/c1ccco1. The number of nitrogens with zero attached hydrogens (tertiary/aromatic N) is 2. The molecule has 66 valence electrons. The van der Waals surface area contributed by atoms with Crippen LogP contribution in [-0.4, -0.2) is 11.2 Å². The van der Waals surface area contributed by atoms with Crippen molar-refractivity contribution in [2.45, 2.75) is 0 Å². The number of hydrazone groups is 1. The monoisotopic (exact) mass is 193 g/mol. The molecule has 0 bridgehead atoms. The maximum Gasteiger partial charge on any atom is 0.203 e. The molecule has 4 nitrogen and oxygen atoms in total. The number of rotatable bonds is 3. The lowest BCUT2D eigenvalue weighted by atomic mass is 10.5. The molecule has 0 aliphatic rings. The Morgan fingerprint density at radius 1 is 1.62 bits per heavy atom. The number of furan rings is 1. The predicted molar refractivity (Wildman–Crippen MR) is 52.0 cm³/mol. The summed E-state index contributed by atoms with van der Waals surface area (Å²) in [7, 11) is 0. The molecule has 2 rings (SSSR count). The van der Waals surface area contributed by atoms with Gasteiger partial charge in [-0.05, 0) is 12.1 Å². The molecule has 0 aliphatic heterocycles. The Balaban J connectivity index is 1.93. The van der Waals surface area contributed by atoms with Crippen LogP contribution < -0.4 is 5.43 Å². The summed E-state index contributed by atoms with van der Waals surface area (Å²) in [4.78, 5) is 4.00. The Labute approximate surface area is 78.9 Å². The van der Waals surface area contributed by atoms with Crippen LogP contribution in [0.5, 0.6) is 0 Å². The molecular weight excluding hydrogens is 186 g/mol. The number of anilines is 1. The van der Waals surface area contributed by atoms with Crippen LogP contribution in [0.25, 0.3) is 0 Å². The van der Waals surface area contributed by atoms with Crippen molar-refractivity contribution in [2.24, 2.45) is 5.10 Å². The Kier molecular flexibility index (Phi) is 2.38. The maximum absolute atomic E-state index is 5.05. The van der Waals surface area contributed by atoms with Gasteiger partial charge in [-0.1, -0.05) is 0 Å². The third kappa shape index (κ3) is 2.16. The molecule has 1 N–H and O–H groups in total. The van der Waals surface area contributed by atoms with E-state index in [4.69, 9.17) is 4.42 Å². The van der Waals surface area contributed by atoms with E-state index in [1.807, 2.05) is 17.5 Å². The van der Waals surface area contributed by atoms with E-state index < -0.39 is 0 Å². The molecule has 0 unspecified atom stereocenters. The Hall–Kier alpha value is -1.62. The number of nitrogens with one attached hydrogen (secondary N) is 1. The summed E-state index contributed by atoms with van der Waals surface area (Å²) in [5, 5.41) is 6.58. The van der Waals surface area contributed by atoms with Crippen LogP contribution >= 0.6 is 11.3 Å². The van der Waals surface area contributed by atoms with Crippen LogP contribution in [0.15, 0.2) is 39.5 Å². The minimum absolute atomic E-state index is 0.712. The van der Waals surface area contributed by atoms with E-state index >= 15 is 0 Å². The molecule has 0 aliphatic carbocycles. The first-order chi connectivity index (χ1) is 6.45. The van der Waals surface area contributed by atoms with Crippen LogP contribution in [0.4, 0.5) is 5.13 Å². The van der Waals surface area contributed by atoms with Gasteiger partial charge in [-0.3, -0.25) is 5.43 Å². The van der Waals surface area contributed by atoms with Crippen molar-refractivity contribution in [1.82, 2.24) is 4.98 Å². The van der Waals surface area contributed by atoms with Crippen molar-refractivity contribution in [3.8, 4) is 0 Å². The Morgan fingerprint density at radius 3 is 3.31 bits per heavy atom. The first kappa shape index (κ1) is 8.00. The molecule has 2 heterocycles. The highest BCUT2D eigenvalue weighted by Gasteiger charge is 1.90. The summed E-state index contributed by atoms with van der Waals surface area (Å²) < 4.78 is 5.05. The first-order valence-electron chi connectivity index (χ1n) is 3.67. The molecule has 0 spiro atoms. The van der Waals surface area contributed by atoms with Crippen molar-refractivity contribution in [2.75, 3.05) is 5.43 Å².